The van der Waals surface area contributed by atoms with Crippen molar-refractivity contribution in [2.24, 2.45) is 7.05 Å². The van der Waals surface area contributed by atoms with Gasteiger partial charge in [0.05, 0.1) is 26.3 Å². The third-order valence-corrected chi connectivity index (χ3v) is 2.07. The summed E-state index contributed by atoms with van der Waals surface area (Å²) in [6.07, 6.45) is 0.490. The van der Waals surface area contributed by atoms with Crippen molar-refractivity contribution in [2.75, 3.05) is 26.8 Å². The van der Waals surface area contributed by atoms with E-state index in [-0.39, 0.29) is 0 Å². The molecule has 0 radical (unpaired) electrons. The van der Waals surface area contributed by atoms with E-state index in [0.29, 0.717) is 31.9 Å². The first-order chi connectivity index (χ1) is 7.76. The molecule has 0 unspecified atom stereocenters. The summed E-state index contributed by atoms with van der Waals surface area (Å²) in [6, 6.07) is 2.12. The lowest BCUT2D eigenvalue weighted by Crippen LogP contribution is -2.28. The van der Waals surface area contributed by atoms with E-state index < -0.39 is 0 Å². The van der Waals surface area contributed by atoms with Crippen LogP contribution in [0.15, 0.2) is 0 Å². The number of hydrogen-bond donors (Lipinski definition) is 0. The van der Waals surface area contributed by atoms with Crippen LogP contribution in [0.1, 0.15) is 12.2 Å². The number of aryl methyl sites for hydroxylation is 1. The molecule has 1 aromatic rings. The van der Waals surface area contributed by atoms with Gasteiger partial charge >= 0.3 is 0 Å². The number of methoxy groups -OCH3 is 1. The van der Waals surface area contributed by atoms with Gasteiger partial charge in [-0.2, -0.15) is 10.1 Å². The third-order valence-electron chi connectivity index (χ3n) is 2.07. The van der Waals surface area contributed by atoms with E-state index in [0.717, 1.165) is 6.54 Å². The Labute approximate surface area is 94.6 Å². The monoisotopic (exact) mass is 224 g/mol. The molecule has 16 heavy (non-hydrogen) atoms. The molecule has 1 aromatic heterocycles. The number of hydrogen-bond acceptors (Lipinski definition) is 6. The van der Waals surface area contributed by atoms with Gasteiger partial charge in [-0.15, -0.1) is 10.2 Å². The topological polar surface area (TPSA) is 79.9 Å². The fraction of sp³-hybridized carbons (Fsp3) is 0.778. The van der Waals surface area contributed by atoms with Crippen LogP contribution >= 0.6 is 0 Å². The van der Waals surface area contributed by atoms with E-state index >= 15 is 0 Å². The van der Waals surface area contributed by atoms with Gasteiger partial charge in [-0.05, 0) is 5.21 Å². The minimum atomic E-state index is 0.490. The first-order valence-corrected chi connectivity index (χ1v) is 5.07. The third kappa shape index (κ3) is 4.33. The zero-order valence-electron chi connectivity index (χ0n) is 9.63. The molecule has 1 rings (SSSR count). The molecule has 88 valence electrons. The maximum atomic E-state index is 8.56. The van der Waals surface area contributed by atoms with E-state index in [4.69, 9.17) is 10.00 Å². The number of rotatable bonds is 7. The minimum Gasteiger partial charge on any atom is -0.383 e. The summed E-state index contributed by atoms with van der Waals surface area (Å²) in [5.41, 5.74) is 0. The van der Waals surface area contributed by atoms with Crippen LogP contribution in [0.4, 0.5) is 0 Å². The van der Waals surface area contributed by atoms with Gasteiger partial charge in [0.15, 0.2) is 5.82 Å². The summed E-state index contributed by atoms with van der Waals surface area (Å²) in [4.78, 5) is 3.50. The highest BCUT2D eigenvalue weighted by molar-refractivity contribution is 4.79. The molecule has 0 aliphatic carbocycles. The molecule has 0 bridgehead atoms. The predicted molar refractivity (Wildman–Crippen MR) is 56.2 cm³/mol. The van der Waals surface area contributed by atoms with E-state index in [1.165, 1.54) is 4.80 Å². The summed E-state index contributed by atoms with van der Waals surface area (Å²) in [5.74, 6) is 0.663. The molecule has 0 aliphatic heterocycles. The maximum absolute atomic E-state index is 8.56. The first kappa shape index (κ1) is 12.5. The van der Waals surface area contributed by atoms with E-state index in [1.54, 1.807) is 14.2 Å². The molecule has 0 saturated carbocycles. The van der Waals surface area contributed by atoms with Crippen LogP contribution in [0.5, 0.6) is 0 Å². The largest absolute Gasteiger partial charge is 0.383 e. The predicted octanol–water partition coefficient (Wildman–Crippen LogP) is -0.428. The lowest BCUT2D eigenvalue weighted by molar-refractivity contribution is 0.143. The lowest BCUT2D eigenvalue weighted by Gasteiger charge is -2.18. The van der Waals surface area contributed by atoms with E-state index in [1.807, 2.05) is 0 Å². The van der Waals surface area contributed by atoms with Gasteiger partial charge in [0, 0.05) is 26.6 Å². The normalized spacial score (nSPS) is 10.6. The highest BCUT2D eigenvalue weighted by atomic mass is 16.5. The van der Waals surface area contributed by atoms with Crippen molar-refractivity contribution in [2.45, 2.75) is 13.0 Å². The molecule has 0 spiro atoms. The summed E-state index contributed by atoms with van der Waals surface area (Å²) < 4.78 is 5.01. The molecule has 0 atom stereocenters. The molecule has 0 fully saturated rings. The highest BCUT2D eigenvalue weighted by Crippen LogP contribution is 1.98. The second kappa shape index (κ2) is 6.87. The van der Waals surface area contributed by atoms with Crippen molar-refractivity contribution in [3.05, 3.63) is 5.82 Å². The van der Waals surface area contributed by atoms with Gasteiger partial charge < -0.3 is 4.74 Å². The standard InChI is InChI=1S/C9H16N6O/c1-14-12-9(11-13-14)8-15(5-3-4-10)6-7-16-2/h3,5-8H2,1-2H3. The van der Waals surface area contributed by atoms with Crippen molar-refractivity contribution in [1.82, 2.24) is 25.1 Å². The van der Waals surface area contributed by atoms with Crippen molar-refractivity contribution in [3.8, 4) is 6.07 Å². The van der Waals surface area contributed by atoms with Gasteiger partial charge in [0.2, 0.25) is 0 Å². The molecule has 0 saturated heterocycles. The fourth-order valence-corrected chi connectivity index (χ4v) is 1.29. The van der Waals surface area contributed by atoms with Gasteiger partial charge in [0.25, 0.3) is 0 Å². The van der Waals surface area contributed by atoms with Gasteiger partial charge in [-0.1, -0.05) is 0 Å². The maximum Gasteiger partial charge on any atom is 0.188 e. The first-order valence-electron chi connectivity index (χ1n) is 5.07. The highest BCUT2D eigenvalue weighted by Gasteiger charge is 2.09. The Balaban J connectivity index is 2.45. The fourth-order valence-electron chi connectivity index (χ4n) is 1.29. The minimum absolute atomic E-state index is 0.490. The quantitative estimate of drug-likeness (QED) is 0.625. The Morgan fingerprint density at radius 2 is 2.31 bits per heavy atom. The molecule has 0 aromatic carbocycles. The average Bonchev–Trinajstić information content (AvgIpc) is 2.68. The molecule has 7 nitrogen and oxygen atoms in total. The number of ether oxygens (including phenoxy) is 1. The van der Waals surface area contributed by atoms with Crippen LogP contribution in [0.2, 0.25) is 0 Å². The second-order valence-electron chi connectivity index (χ2n) is 3.37. The summed E-state index contributed by atoms with van der Waals surface area (Å²) in [7, 11) is 3.38. The number of nitrogens with zero attached hydrogens (tertiary/aromatic N) is 6. The second-order valence-corrected chi connectivity index (χ2v) is 3.37. The number of aromatic nitrogens is 4. The molecule has 0 amide bonds. The molecular formula is C9H16N6O. The van der Waals surface area contributed by atoms with Crippen LogP contribution < -0.4 is 0 Å². The van der Waals surface area contributed by atoms with Gasteiger partial charge in [0.1, 0.15) is 0 Å². The average molecular weight is 224 g/mol. The SMILES string of the molecule is COCCN(CCC#N)Cc1nnn(C)n1. The van der Waals surface area contributed by atoms with Crippen LogP contribution in [0.25, 0.3) is 0 Å². The Morgan fingerprint density at radius 1 is 1.50 bits per heavy atom. The summed E-state index contributed by atoms with van der Waals surface area (Å²) in [6.45, 7) is 2.68. The summed E-state index contributed by atoms with van der Waals surface area (Å²) in [5, 5.41) is 20.3. The zero-order chi connectivity index (χ0) is 11.8. The molecular weight excluding hydrogens is 208 g/mol. The summed E-state index contributed by atoms with van der Waals surface area (Å²) >= 11 is 0. The van der Waals surface area contributed by atoms with Gasteiger partial charge in [-0.3, -0.25) is 4.90 Å². The Kier molecular flexibility index (Phi) is 5.39. The van der Waals surface area contributed by atoms with E-state index in [9.17, 15) is 0 Å². The lowest BCUT2D eigenvalue weighted by atomic mass is 10.4. The van der Waals surface area contributed by atoms with Crippen LogP contribution in [-0.4, -0.2) is 51.9 Å². The van der Waals surface area contributed by atoms with Crippen molar-refractivity contribution >= 4 is 0 Å². The zero-order valence-corrected chi connectivity index (χ0v) is 9.63. The molecule has 0 N–H and O–H groups in total. The van der Waals surface area contributed by atoms with Gasteiger partial charge in [-0.25, -0.2) is 0 Å². The Hall–Kier alpha value is -1.52. The Bertz CT molecular complexity index is 344. The van der Waals surface area contributed by atoms with Crippen molar-refractivity contribution in [1.29, 1.82) is 5.26 Å². The molecule has 0 aliphatic rings. The van der Waals surface area contributed by atoms with E-state index in [2.05, 4.69) is 26.4 Å². The smallest absolute Gasteiger partial charge is 0.188 e. The van der Waals surface area contributed by atoms with Crippen LogP contribution in [-0.2, 0) is 18.3 Å². The number of nitriles is 1. The van der Waals surface area contributed by atoms with Crippen LogP contribution in [0, 0.1) is 11.3 Å². The van der Waals surface area contributed by atoms with Crippen molar-refractivity contribution in [3.63, 3.8) is 0 Å². The number of tetrazole rings is 1. The Morgan fingerprint density at radius 3 is 2.88 bits per heavy atom. The molecule has 7 heteroatoms. The molecule has 1 heterocycles. The van der Waals surface area contributed by atoms with Crippen LogP contribution in [0.3, 0.4) is 0 Å². The van der Waals surface area contributed by atoms with Crippen molar-refractivity contribution < 1.29 is 4.74 Å².